The Labute approximate surface area is 157 Å². The molecule has 0 amide bonds. The lowest BCUT2D eigenvalue weighted by molar-refractivity contribution is 0.225. The molecule has 25 heavy (non-hydrogen) atoms. The average Bonchev–Trinajstić information content (AvgIpc) is 2.53. The Bertz CT molecular complexity index is 732. The maximum Gasteiger partial charge on any atom is 0.242 e. The Kier molecular flexibility index (Phi) is 6.45. The van der Waals surface area contributed by atoms with Gasteiger partial charge < -0.3 is 10.6 Å². The van der Waals surface area contributed by atoms with E-state index in [-0.39, 0.29) is 4.90 Å². The third-order valence-corrected chi connectivity index (χ3v) is 7.29. The summed E-state index contributed by atoms with van der Waals surface area (Å²) in [4.78, 5) is 0.257. The van der Waals surface area contributed by atoms with Crippen molar-refractivity contribution in [3.63, 3.8) is 0 Å². The van der Waals surface area contributed by atoms with Gasteiger partial charge in [0.05, 0.1) is 4.90 Å². The third kappa shape index (κ3) is 4.71. The molecule has 0 unspecified atom stereocenters. The summed E-state index contributed by atoms with van der Waals surface area (Å²) in [7, 11) is -0.410. The van der Waals surface area contributed by atoms with Crippen LogP contribution in [0.4, 0.5) is 5.69 Å². The molecule has 5 nitrogen and oxygen atoms in total. The molecular weight excluding hydrogens is 354 g/mol. The molecule has 2 rings (SSSR count). The molecule has 0 saturated heterocycles. The zero-order valence-electron chi connectivity index (χ0n) is 15.7. The number of rotatable bonds is 4. The van der Waals surface area contributed by atoms with Gasteiger partial charge in [-0.3, -0.25) is 0 Å². The normalized spacial score (nSPS) is 24.2. The summed E-state index contributed by atoms with van der Waals surface area (Å²) in [6.45, 7) is 6.48. The van der Waals surface area contributed by atoms with Crippen LogP contribution < -0.4 is 10.6 Å². The summed E-state index contributed by atoms with van der Waals surface area (Å²) in [6.07, 6.45) is 3.59. The van der Waals surface area contributed by atoms with Crippen molar-refractivity contribution in [3.05, 3.63) is 23.8 Å². The molecule has 1 saturated carbocycles. The quantitative estimate of drug-likeness (QED) is 0.781. The first-order valence-corrected chi connectivity index (χ1v) is 10.6. The lowest BCUT2D eigenvalue weighted by atomic mass is 9.78. The average molecular weight is 384 g/mol. The third-order valence-electron chi connectivity index (χ3n) is 5.26. The van der Waals surface area contributed by atoms with Crippen LogP contribution in [0.15, 0.2) is 23.1 Å². The molecule has 1 aliphatic carbocycles. The largest absolute Gasteiger partial charge is 0.359 e. The van der Waals surface area contributed by atoms with Gasteiger partial charge in [-0.15, -0.1) is 0 Å². The molecular formula is C18H29N3O2S2. The Hall–Kier alpha value is -1.18. The van der Waals surface area contributed by atoms with Crippen molar-refractivity contribution >= 4 is 33.0 Å². The van der Waals surface area contributed by atoms with Crippen LogP contribution in [0.2, 0.25) is 0 Å². The van der Waals surface area contributed by atoms with Gasteiger partial charge in [0, 0.05) is 25.8 Å². The highest BCUT2D eigenvalue weighted by molar-refractivity contribution is 7.89. The Morgan fingerprint density at radius 2 is 1.92 bits per heavy atom. The van der Waals surface area contributed by atoms with Crippen LogP contribution in [0, 0.1) is 18.8 Å². The van der Waals surface area contributed by atoms with Gasteiger partial charge in [0.1, 0.15) is 0 Å². The predicted molar refractivity (Wildman–Crippen MR) is 107 cm³/mol. The molecule has 0 aromatic heterocycles. The van der Waals surface area contributed by atoms with Crippen LogP contribution in [-0.4, -0.2) is 38.0 Å². The Morgan fingerprint density at radius 1 is 1.24 bits per heavy atom. The summed E-state index contributed by atoms with van der Waals surface area (Å²) in [5.74, 6) is 1.25. The summed E-state index contributed by atoms with van der Waals surface area (Å²) >= 11 is 5.47. The minimum atomic E-state index is -3.47. The maximum atomic E-state index is 12.3. The smallest absolute Gasteiger partial charge is 0.242 e. The van der Waals surface area contributed by atoms with E-state index >= 15 is 0 Å². The van der Waals surface area contributed by atoms with E-state index in [0.29, 0.717) is 23.0 Å². The van der Waals surface area contributed by atoms with E-state index in [9.17, 15) is 8.42 Å². The fourth-order valence-corrected chi connectivity index (χ4v) is 4.41. The predicted octanol–water partition coefficient (Wildman–Crippen LogP) is 3.36. The summed E-state index contributed by atoms with van der Waals surface area (Å²) in [6, 6.07) is 5.42. The number of nitrogens with zero attached hydrogens (tertiary/aromatic N) is 1. The summed E-state index contributed by atoms with van der Waals surface area (Å²) in [5, 5.41) is 7.15. The van der Waals surface area contributed by atoms with Gasteiger partial charge in [0.15, 0.2) is 5.11 Å². The van der Waals surface area contributed by atoms with E-state index < -0.39 is 10.0 Å². The molecule has 0 bridgehead atoms. The molecule has 0 aliphatic heterocycles. The molecule has 0 spiro atoms. The number of benzene rings is 1. The zero-order valence-corrected chi connectivity index (χ0v) is 17.3. The minimum Gasteiger partial charge on any atom is -0.359 e. The van der Waals surface area contributed by atoms with Crippen LogP contribution in [0.5, 0.6) is 0 Å². The SMILES string of the molecule is Cc1ccc(S(=O)(=O)N(C)C)cc1NC(=S)N[C@H]1CCC[C@@H](C)[C@H]1C. The van der Waals surface area contributed by atoms with Crippen molar-refractivity contribution in [2.45, 2.75) is 51.0 Å². The number of sulfonamides is 1. The van der Waals surface area contributed by atoms with E-state index in [2.05, 4.69) is 24.5 Å². The van der Waals surface area contributed by atoms with Crippen molar-refractivity contribution < 1.29 is 8.42 Å². The molecule has 2 N–H and O–H groups in total. The number of hydrogen-bond acceptors (Lipinski definition) is 3. The van der Waals surface area contributed by atoms with E-state index in [0.717, 1.165) is 17.7 Å². The lowest BCUT2D eigenvalue weighted by Gasteiger charge is -2.35. The van der Waals surface area contributed by atoms with Crippen LogP contribution in [0.3, 0.4) is 0 Å². The lowest BCUT2D eigenvalue weighted by Crippen LogP contribution is -2.45. The van der Waals surface area contributed by atoms with E-state index in [1.54, 1.807) is 18.2 Å². The summed E-state index contributed by atoms with van der Waals surface area (Å²) in [5.41, 5.74) is 1.67. The van der Waals surface area contributed by atoms with Gasteiger partial charge in [-0.2, -0.15) is 0 Å². The van der Waals surface area contributed by atoms with Gasteiger partial charge in [0.2, 0.25) is 10.0 Å². The second-order valence-corrected chi connectivity index (χ2v) is 9.80. The molecule has 1 fully saturated rings. The highest BCUT2D eigenvalue weighted by atomic mass is 32.2. The van der Waals surface area contributed by atoms with Crippen molar-refractivity contribution in [1.82, 2.24) is 9.62 Å². The molecule has 140 valence electrons. The van der Waals surface area contributed by atoms with Crippen LogP contribution in [-0.2, 0) is 10.0 Å². The van der Waals surface area contributed by atoms with Gasteiger partial charge in [-0.05, 0) is 55.1 Å². The van der Waals surface area contributed by atoms with Crippen LogP contribution in [0.1, 0.15) is 38.7 Å². The Morgan fingerprint density at radius 3 is 2.56 bits per heavy atom. The molecule has 0 radical (unpaired) electrons. The van der Waals surface area contributed by atoms with Gasteiger partial charge in [-0.1, -0.05) is 32.8 Å². The fourth-order valence-electron chi connectivity index (χ4n) is 3.22. The van der Waals surface area contributed by atoms with E-state index in [4.69, 9.17) is 12.2 Å². The number of aryl methyl sites for hydroxylation is 1. The first kappa shape index (κ1) is 20.1. The highest BCUT2D eigenvalue weighted by Gasteiger charge is 2.27. The van der Waals surface area contributed by atoms with Crippen molar-refractivity contribution in [2.75, 3.05) is 19.4 Å². The molecule has 1 aromatic rings. The maximum absolute atomic E-state index is 12.3. The molecule has 3 atom stereocenters. The number of thiocarbonyl (C=S) groups is 1. The second kappa shape index (κ2) is 8.01. The van der Waals surface area contributed by atoms with E-state index in [1.807, 2.05) is 6.92 Å². The first-order chi connectivity index (χ1) is 11.6. The van der Waals surface area contributed by atoms with Gasteiger partial charge in [0.25, 0.3) is 0 Å². The summed E-state index contributed by atoms with van der Waals surface area (Å²) < 4.78 is 25.9. The van der Waals surface area contributed by atoms with Crippen molar-refractivity contribution in [2.24, 2.45) is 11.8 Å². The second-order valence-electron chi connectivity index (χ2n) is 7.24. The van der Waals surface area contributed by atoms with Crippen LogP contribution >= 0.6 is 12.2 Å². The van der Waals surface area contributed by atoms with Crippen molar-refractivity contribution in [1.29, 1.82) is 0 Å². The standard InChI is InChI=1S/C18H29N3O2S2/c1-12-7-6-8-16(14(12)3)19-18(24)20-17-11-15(10-9-13(17)2)25(22,23)21(4)5/h9-12,14,16H,6-8H2,1-5H3,(H2,19,20,24)/t12-,14-,16+/m1/s1. The van der Waals surface area contributed by atoms with Crippen LogP contribution in [0.25, 0.3) is 0 Å². The highest BCUT2D eigenvalue weighted by Crippen LogP contribution is 2.29. The Balaban J connectivity index is 2.13. The molecule has 1 aromatic carbocycles. The zero-order chi connectivity index (χ0) is 18.8. The molecule has 7 heteroatoms. The number of anilines is 1. The monoisotopic (exact) mass is 383 g/mol. The fraction of sp³-hybridized carbons (Fsp3) is 0.611. The number of hydrogen-bond donors (Lipinski definition) is 2. The number of nitrogens with one attached hydrogen (secondary N) is 2. The van der Waals surface area contributed by atoms with Crippen molar-refractivity contribution in [3.8, 4) is 0 Å². The van der Waals surface area contributed by atoms with Gasteiger partial charge in [-0.25, -0.2) is 12.7 Å². The molecule has 0 heterocycles. The molecule has 1 aliphatic rings. The van der Waals surface area contributed by atoms with E-state index in [1.165, 1.54) is 31.2 Å². The van der Waals surface area contributed by atoms with Gasteiger partial charge >= 0.3 is 0 Å². The topological polar surface area (TPSA) is 61.4 Å². The first-order valence-electron chi connectivity index (χ1n) is 8.73. The minimum absolute atomic E-state index is 0.257.